The Kier molecular flexibility index (Phi) is 7.90. The first kappa shape index (κ1) is 23.9. The summed E-state index contributed by atoms with van der Waals surface area (Å²) in [5.41, 5.74) is 3.88. The maximum Gasteiger partial charge on any atom is 0.343 e. The van der Waals surface area contributed by atoms with Gasteiger partial charge >= 0.3 is 5.97 Å². The van der Waals surface area contributed by atoms with Crippen LogP contribution in [0.1, 0.15) is 21.5 Å². The summed E-state index contributed by atoms with van der Waals surface area (Å²) in [5, 5.41) is 14.6. The highest BCUT2D eigenvalue weighted by Crippen LogP contribution is 2.28. The van der Waals surface area contributed by atoms with Gasteiger partial charge in [-0.05, 0) is 54.4 Å². The molecule has 0 fully saturated rings. The fourth-order valence-corrected chi connectivity index (χ4v) is 2.80. The van der Waals surface area contributed by atoms with E-state index < -0.39 is 16.8 Å². The molecule has 0 aliphatic carbocycles. The predicted octanol–water partition coefficient (Wildman–Crippen LogP) is 3.66. The summed E-state index contributed by atoms with van der Waals surface area (Å²) in [6, 6.07) is 17.1. The summed E-state index contributed by atoms with van der Waals surface area (Å²) < 4.78 is 16.1. The molecule has 1 N–H and O–H groups in total. The number of nitrogens with zero attached hydrogens (tertiary/aromatic N) is 2. The number of hydrogen-bond donors (Lipinski definition) is 1. The molecule has 0 saturated heterocycles. The Bertz CT molecular complexity index is 1220. The second-order valence-electron chi connectivity index (χ2n) is 6.95. The minimum atomic E-state index is -0.699. The molecule has 3 aromatic carbocycles. The lowest BCUT2D eigenvalue weighted by molar-refractivity contribution is -0.384. The molecule has 0 aromatic heterocycles. The Morgan fingerprint density at radius 1 is 1.03 bits per heavy atom. The van der Waals surface area contributed by atoms with E-state index in [1.54, 1.807) is 18.2 Å². The molecule has 0 radical (unpaired) electrons. The van der Waals surface area contributed by atoms with Crippen LogP contribution in [0.4, 0.5) is 5.69 Å². The van der Waals surface area contributed by atoms with E-state index in [1.165, 1.54) is 43.7 Å². The third-order valence-electron chi connectivity index (χ3n) is 4.56. The quantitative estimate of drug-likeness (QED) is 0.169. The van der Waals surface area contributed by atoms with Gasteiger partial charge in [-0.3, -0.25) is 14.9 Å². The van der Waals surface area contributed by atoms with Crippen LogP contribution in [0, 0.1) is 17.0 Å². The molecule has 1 amide bonds. The molecule has 0 aliphatic rings. The highest BCUT2D eigenvalue weighted by Gasteiger charge is 2.14. The molecule has 0 bridgehead atoms. The lowest BCUT2D eigenvalue weighted by Gasteiger charge is -2.10. The second kappa shape index (κ2) is 11.2. The second-order valence-corrected chi connectivity index (χ2v) is 6.95. The van der Waals surface area contributed by atoms with E-state index in [-0.39, 0.29) is 29.4 Å². The van der Waals surface area contributed by atoms with Gasteiger partial charge in [0.1, 0.15) is 5.75 Å². The number of esters is 1. The number of nitrogens with one attached hydrogen (secondary N) is 1. The first-order valence-corrected chi connectivity index (χ1v) is 10.0. The number of amides is 1. The molecular formula is C24H21N3O7. The van der Waals surface area contributed by atoms with E-state index in [0.717, 1.165) is 5.56 Å². The molecule has 0 spiro atoms. The van der Waals surface area contributed by atoms with Crippen molar-refractivity contribution in [3.8, 4) is 17.2 Å². The van der Waals surface area contributed by atoms with Crippen molar-refractivity contribution in [3.05, 3.63) is 93.5 Å². The zero-order valence-electron chi connectivity index (χ0n) is 18.4. The molecule has 10 nitrogen and oxygen atoms in total. The van der Waals surface area contributed by atoms with Gasteiger partial charge in [0, 0.05) is 12.1 Å². The maximum atomic E-state index is 12.3. The standard InChI is InChI=1S/C24H21N3O7/c1-16-5-3-4-6-20(16)33-15-23(28)26-25-14-17-7-12-21(22(13-17)32-2)34-24(29)18-8-10-19(11-9-18)27(30)31/h3-14H,15H2,1-2H3,(H,26,28)/b25-14+. The van der Waals surface area contributed by atoms with Crippen LogP contribution in [-0.4, -0.2) is 36.7 Å². The van der Waals surface area contributed by atoms with E-state index in [9.17, 15) is 19.7 Å². The van der Waals surface area contributed by atoms with E-state index in [0.29, 0.717) is 11.3 Å². The summed E-state index contributed by atoms with van der Waals surface area (Å²) in [6.07, 6.45) is 1.40. The SMILES string of the molecule is COc1cc(/C=N/NC(=O)COc2ccccc2C)ccc1OC(=O)c1ccc([N+](=O)[O-])cc1. The molecule has 34 heavy (non-hydrogen) atoms. The van der Waals surface area contributed by atoms with Crippen molar-refractivity contribution in [2.75, 3.05) is 13.7 Å². The highest BCUT2D eigenvalue weighted by atomic mass is 16.6. The normalized spacial score (nSPS) is 10.5. The monoisotopic (exact) mass is 463 g/mol. The van der Waals surface area contributed by atoms with Crippen LogP contribution in [0.15, 0.2) is 71.8 Å². The summed E-state index contributed by atoms with van der Waals surface area (Å²) in [5.74, 6) is -0.104. The number of non-ortho nitro benzene ring substituents is 1. The van der Waals surface area contributed by atoms with Crippen LogP contribution >= 0.6 is 0 Å². The fourth-order valence-electron chi connectivity index (χ4n) is 2.80. The molecule has 10 heteroatoms. The molecule has 0 saturated carbocycles. The number of ether oxygens (including phenoxy) is 3. The summed E-state index contributed by atoms with van der Waals surface area (Å²) in [6.45, 7) is 1.69. The van der Waals surface area contributed by atoms with Crippen LogP contribution in [0.3, 0.4) is 0 Å². The number of hydrogen-bond acceptors (Lipinski definition) is 8. The van der Waals surface area contributed by atoms with Gasteiger partial charge in [-0.1, -0.05) is 18.2 Å². The minimum Gasteiger partial charge on any atom is -0.493 e. The number of aryl methyl sites for hydroxylation is 1. The maximum absolute atomic E-state index is 12.3. The van der Waals surface area contributed by atoms with Crippen molar-refractivity contribution in [2.45, 2.75) is 6.92 Å². The molecule has 0 aliphatic heterocycles. The topological polar surface area (TPSA) is 129 Å². The molecule has 3 rings (SSSR count). The molecule has 0 heterocycles. The van der Waals surface area contributed by atoms with Crippen LogP contribution in [0.2, 0.25) is 0 Å². The number of carbonyl (C=O) groups is 2. The van der Waals surface area contributed by atoms with Gasteiger partial charge in [0.05, 0.1) is 23.8 Å². The number of benzene rings is 3. The molecule has 0 atom stereocenters. The van der Waals surface area contributed by atoms with Crippen molar-refractivity contribution in [1.82, 2.24) is 5.43 Å². The van der Waals surface area contributed by atoms with Gasteiger partial charge < -0.3 is 14.2 Å². The average molecular weight is 463 g/mol. The van der Waals surface area contributed by atoms with E-state index in [1.807, 2.05) is 25.1 Å². The summed E-state index contributed by atoms with van der Waals surface area (Å²) in [7, 11) is 1.41. The van der Waals surface area contributed by atoms with Crippen molar-refractivity contribution < 1.29 is 28.7 Å². The number of nitro groups is 1. The number of nitro benzene ring substituents is 1. The van der Waals surface area contributed by atoms with Crippen molar-refractivity contribution in [1.29, 1.82) is 0 Å². The van der Waals surface area contributed by atoms with Gasteiger partial charge in [0.2, 0.25) is 0 Å². The molecule has 174 valence electrons. The zero-order valence-corrected chi connectivity index (χ0v) is 18.4. The Labute approximate surface area is 194 Å². The fraction of sp³-hybridized carbons (Fsp3) is 0.125. The van der Waals surface area contributed by atoms with Crippen LogP contribution in [-0.2, 0) is 4.79 Å². The first-order chi connectivity index (χ1) is 16.4. The van der Waals surface area contributed by atoms with Gasteiger partial charge in [-0.25, -0.2) is 10.2 Å². The summed E-state index contributed by atoms with van der Waals surface area (Å²) in [4.78, 5) is 34.5. The van der Waals surface area contributed by atoms with Gasteiger partial charge in [-0.15, -0.1) is 0 Å². The summed E-state index contributed by atoms with van der Waals surface area (Å²) >= 11 is 0. The molecule has 0 unspecified atom stereocenters. The average Bonchev–Trinajstić information content (AvgIpc) is 2.84. The lowest BCUT2D eigenvalue weighted by Crippen LogP contribution is -2.24. The third kappa shape index (κ3) is 6.39. The Morgan fingerprint density at radius 2 is 1.76 bits per heavy atom. The van der Waals surface area contributed by atoms with Crippen molar-refractivity contribution in [2.24, 2.45) is 5.10 Å². The smallest absolute Gasteiger partial charge is 0.343 e. The number of rotatable bonds is 9. The Hall–Kier alpha value is -4.73. The van der Waals surface area contributed by atoms with Crippen molar-refractivity contribution >= 4 is 23.8 Å². The van der Waals surface area contributed by atoms with E-state index >= 15 is 0 Å². The first-order valence-electron chi connectivity index (χ1n) is 10.0. The number of methoxy groups -OCH3 is 1. The largest absolute Gasteiger partial charge is 0.493 e. The van der Waals surface area contributed by atoms with Crippen LogP contribution in [0.25, 0.3) is 0 Å². The van der Waals surface area contributed by atoms with Crippen molar-refractivity contribution in [3.63, 3.8) is 0 Å². The van der Waals surface area contributed by atoms with Gasteiger partial charge in [0.15, 0.2) is 18.1 Å². The number of para-hydroxylation sites is 1. The van der Waals surface area contributed by atoms with Crippen LogP contribution < -0.4 is 19.6 Å². The molecular weight excluding hydrogens is 442 g/mol. The number of carbonyl (C=O) groups excluding carboxylic acids is 2. The van der Waals surface area contributed by atoms with Gasteiger partial charge in [0.25, 0.3) is 11.6 Å². The third-order valence-corrected chi connectivity index (χ3v) is 4.56. The highest BCUT2D eigenvalue weighted by molar-refractivity contribution is 5.92. The van der Waals surface area contributed by atoms with E-state index in [4.69, 9.17) is 14.2 Å². The zero-order chi connectivity index (χ0) is 24.5. The molecule has 3 aromatic rings. The minimum absolute atomic E-state index is 0.133. The van der Waals surface area contributed by atoms with Crippen LogP contribution in [0.5, 0.6) is 17.2 Å². The Balaban J connectivity index is 1.58. The predicted molar refractivity (Wildman–Crippen MR) is 123 cm³/mol. The van der Waals surface area contributed by atoms with E-state index in [2.05, 4.69) is 10.5 Å². The van der Waals surface area contributed by atoms with Gasteiger partial charge in [-0.2, -0.15) is 5.10 Å². The number of hydrazone groups is 1. The Morgan fingerprint density at radius 3 is 2.44 bits per heavy atom. The lowest BCUT2D eigenvalue weighted by atomic mass is 10.2.